The van der Waals surface area contributed by atoms with Gasteiger partial charge in [-0.1, -0.05) is 12.1 Å². The Morgan fingerprint density at radius 3 is 2.33 bits per heavy atom. The number of nitrogens with one attached hydrogen (secondary N) is 2. The molecule has 172 valence electrons. The van der Waals surface area contributed by atoms with Crippen molar-refractivity contribution in [1.29, 1.82) is 0 Å². The van der Waals surface area contributed by atoms with Crippen molar-refractivity contribution in [1.82, 2.24) is 9.55 Å². The Balaban J connectivity index is 1.75. The first kappa shape index (κ1) is 23.5. The highest BCUT2D eigenvalue weighted by atomic mass is 19.4. The molecule has 0 radical (unpaired) electrons. The molecule has 0 fully saturated rings. The number of methoxy groups -OCH3 is 1. The van der Waals surface area contributed by atoms with Gasteiger partial charge in [0.2, 0.25) is 11.8 Å². The first-order valence-corrected chi connectivity index (χ1v) is 9.56. The smallest absolute Gasteiger partial charge is 0.416 e. The predicted octanol–water partition coefficient (Wildman–Crippen LogP) is 3.53. The first-order valence-electron chi connectivity index (χ1n) is 9.56. The summed E-state index contributed by atoms with van der Waals surface area (Å²) < 4.78 is 44.4. The van der Waals surface area contributed by atoms with Crippen LogP contribution in [0.5, 0.6) is 5.75 Å². The van der Waals surface area contributed by atoms with Gasteiger partial charge in [-0.15, -0.1) is 0 Å². The molecule has 0 atom stereocenters. The van der Waals surface area contributed by atoms with Gasteiger partial charge in [0.25, 0.3) is 5.56 Å². The third-order valence-electron chi connectivity index (χ3n) is 4.50. The number of benzene rings is 2. The van der Waals surface area contributed by atoms with Crippen molar-refractivity contribution in [2.45, 2.75) is 19.6 Å². The number of hydrogen-bond acceptors (Lipinski definition) is 5. The third-order valence-corrected chi connectivity index (χ3v) is 4.50. The van der Waals surface area contributed by atoms with Gasteiger partial charge in [0.15, 0.2) is 0 Å². The number of hydrogen-bond donors (Lipinski definition) is 2. The number of ether oxygens (including phenoxy) is 1. The van der Waals surface area contributed by atoms with Gasteiger partial charge in [-0.05, 0) is 30.3 Å². The SMILES string of the molecule is COc1ccc(NC(C)=O)cc1NC(=O)Cn1cnc(-c2ccc(C(F)(F)F)cc2)cc1=O. The van der Waals surface area contributed by atoms with E-state index in [1.165, 1.54) is 32.2 Å². The number of halogens is 3. The molecule has 1 heterocycles. The van der Waals surface area contributed by atoms with Crippen LogP contribution in [-0.2, 0) is 22.3 Å². The minimum absolute atomic E-state index is 0.176. The molecule has 0 saturated heterocycles. The molecule has 0 bridgehead atoms. The number of nitrogens with zero attached hydrogens (tertiary/aromatic N) is 2. The molecule has 33 heavy (non-hydrogen) atoms. The lowest BCUT2D eigenvalue weighted by atomic mass is 10.1. The second-order valence-corrected chi connectivity index (χ2v) is 6.96. The summed E-state index contributed by atoms with van der Waals surface area (Å²) in [5.41, 5.74) is -0.135. The molecular formula is C22H19F3N4O4. The van der Waals surface area contributed by atoms with Crippen LogP contribution in [0.2, 0.25) is 0 Å². The standard InChI is InChI=1S/C22H19F3N4O4/c1-13(30)27-16-7-8-19(33-2)18(9-16)28-20(31)11-29-12-26-17(10-21(29)32)14-3-5-15(6-4-14)22(23,24)25/h3-10,12H,11H2,1-2H3,(H,27,30)(H,28,31). The van der Waals surface area contributed by atoms with E-state index >= 15 is 0 Å². The average Bonchev–Trinajstić information content (AvgIpc) is 2.74. The van der Waals surface area contributed by atoms with Crippen LogP contribution in [-0.4, -0.2) is 28.5 Å². The normalized spacial score (nSPS) is 11.1. The molecule has 0 aliphatic heterocycles. The van der Waals surface area contributed by atoms with E-state index < -0.39 is 23.2 Å². The molecule has 1 aromatic heterocycles. The highest BCUT2D eigenvalue weighted by Crippen LogP contribution is 2.30. The molecule has 3 rings (SSSR count). The maximum Gasteiger partial charge on any atom is 0.416 e. The Morgan fingerprint density at radius 2 is 1.76 bits per heavy atom. The Bertz CT molecular complexity index is 1240. The van der Waals surface area contributed by atoms with E-state index in [0.717, 1.165) is 29.1 Å². The average molecular weight is 460 g/mol. The van der Waals surface area contributed by atoms with Crippen molar-refractivity contribution >= 4 is 23.2 Å². The number of carbonyl (C=O) groups excluding carboxylic acids is 2. The summed E-state index contributed by atoms with van der Waals surface area (Å²) in [5.74, 6) is -0.497. The van der Waals surface area contributed by atoms with E-state index in [0.29, 0.717) is 17.0 Å². The van der Waals surface area contributed by atoms with Crippen LogP contribution < -0.4 is 20.9 Å². The van der Waals surface area contributed by atoms with Crippen molar-refractivity contribution in [2.75, 3.05) is 17.7 Å². The Hall–Kier alpha value is -4.15. The summed E-state index contributed by atoms with van der Waals surface area (Å²) in [5, 5.41) is 5.20. The van der Waals surface area contributed by atoms with Crippen molar-refractivity contribution < 1.29 is 27.5 Å². The summed E-state index contributed by atoms with van der Waals surface area (Å²) >= 11 is 0. The predicted molar refractivity (Wildman–Crippen MR) is 115 cm³/mol. The zero-order valence-electron chi connectivity index (χ0n) is 17.6. The fraction of sp³-hybridized carbons (Fsp3) is 0.182. The summed E-state index contributed by atoms with van der Waals surface area (Å²) in [6.45, 7) is 0.975. The summed E-state index contributed by atoms with van der Waals surface area (Å²) in [6, 6.07) is 10.0. The molecule has 2 amide bonds. The Labute approximate surface area is 186 Å². The summed E-state index contributed by atoms with van der Waals surface area (Å²) in [6.07, 6.45) is -3.33. The van der Waals surface area contributed by atoms with Gasteiger partial charge in [0.1, 0.15) is 12.3 Å². The van der Waals surface area contributed by atoms with Crippen molar-refractivity contribution in [3.05, 3.63) is 70.8 Å². The fourth-order valence-corrected chi connectivity index (χ4v) is 2.96. The van der Waals surface area contributed by atoms with Gasteiger partial charge in [-0.25, -0.2) is 4.98 Å². The van der Waals surface area contributed by atoms with E-state index in [9.17, 15) is 27.6 Å². The largest absolute Gasteiger partial charge is 0.495 e. The molecule has 2 N–H and O–H groups in total. The number of anilines is 2. The van der Waals surface area contributed by atoms with Crippen LogP contribution in [0, 0.1) is 0 Å². The van der Waals surface area contributed by atoms with Gasteiger partial charge in [0, 0.05) is 24.2 Å². The van der Waals surface area contributed by atoms with Gasteiger partial charge in [-0.2, -0.15) is 13.2 Å². The number of aromatic nitrogens is 2. The topological polar surface area (TPSA) is 102 Å². The van der Waals surface area contributed by atoms with Crippen molar-refractivity contribution in [3.63, 3.8) is 0 Å². The van der Waals surface area contributed by atoms with Gasteiger partial charge >= 0.3 is 6.18 Å². The number of alkyl halides is 3. The molecule has 0 aliphatic carbocycles. The van der Waals surface area contributed by atoms with Crippen LogP contribution in [0.4, 0.5) is 24.5 Å². The fourth-order valence-electron chi connectivity index (χ4n) is 2.96. The van der Waals surface area contributed by atoms with Crippen molar-refractivity contribution in [3.8, 4) is 17.0 Å². The molecule has 3 aromatic rings. The zero-order chi connectivity index (χ0) is 24.2. The number of carbonyl (C=O) groups is 2. The van der Waals surface area contributed by atoms with E-state index in [-0.39, 0.29) is 23.8 Å². The molecule has 0 saturated carbocycles. The molecule has 2 aromatic carbocycles. The van der Waals surface area contributed by atoms with Gasteiger partial charge in [-0.3, -0.25) is 19.0 Å². The Morgan fingerprint density at radius 1 is 1.06 bits per heavy atom. The molecular weight excluding hydrogens is 441 g/mol. The quantitative estimate of drug-likeness (QED) is 0.586. The Kier molecular flexibility index (Phi) is 6.80. The van der Waals surface area contributed by atoms with E-state index in [2.05, 4.69) is 15.6 Å². The maximum absolute atomic E-state index is 12.7. The van der Waals surface area contributed by atoms with Crippen molar-refractivity contribution in [2.24, 2.45) is 0 Å². The summed E-state index contributed by atoms with van der Waals surface area (Å²) in [7, 11) is 1.41. The monoisotopic (exact) mass is 460 g/mol. The van der Waals surface area contributed by atoms with Crippen LogP contribution in [0.15, 0.2) is 59.7 Å². The minimum Gasteiger partial charge on any atom is -0.495 e. The number of amides is 2. The van der Waals surface area contributed by atoms with E-state index in [1.54, 1.807) is 12.1 Å². The summed E-state index contributed by atoms with van der Waals surface area (Å²) in [4.78, 5) is 40.2. The van der Waals surface area contributed by atoms with Crippen LogP contribution >= 0.6 is 0 Å². The van der Waals surface area contributed by atoms with E-state index in [4.69, 9.17) is 4.74 Å². The van der Waals surface area contributed by atoms with Gasteiger partial charge in [0.05, 0.1) is 30.4 Å². The highest BCUT2D eigenvalue weighted by Gasteiger charge is 2.30. The molecule has 0 spiro atoms. The molecule has 0 aliphatic rings. The second-order valence-electron chi connectivity index (χ2n) is 6.96. The third kappa shape index (κ3) is 5.97. The lowest BCUT2D eigenvalue weighted by Crippen LogP contribution is -2.27. The lowest BCUT2D eigenvalue weighted by Gasteiger charge is -2.13. The second kappa shape index (κ2) is 9.55. The lowest BCUT2D eigenvalue weighted by molar-refractivity contribution is -0.137. The van der Waals surface area contributed by atoms with Gasteiger partial charge < -0.3 is 15.4 Å². The minimum atomic E-state index is -4.47. The molecule has 8 nitrogen and oxygen atoms in total. The van der Waals surface area contributed by atoms with Crippen LogP contribution in [0.1, 0.15) is 12.5 Å². The molecule has 0 unspecified atom stereocenters. The number of rotatable bonds is 6. The first-order chi connectivity index (χ1) is 15.6. The maximum atomic E-state index is 12.7. The van der Waals surface area contributed by atoms with E-state index in [1.807, 2.05) is 0 Å². The van der Waals surface area contributed by atoms with Crippen LogP contribution in [0.3, 0.4) is 0 Å². The highest BCUT2D eigenvalue weighted by molar-refractivity contribution is 5.94. The molecule has 11 heteroatoms. The van der Waals surface area contributed by atoms with Crippen LogP contribution in [0.25, 0.3) is 11.3 Å². The zero-order valence-corrected chi connectivity index (χ0v) is 17.6.